The topological polar surface area (TPSA) is 72.1 Å². The second-order valence-corrected chi connectivity index (χ2v) is 3.15. The Morgan fingerprint density at radius 1 is 1.50 bits per heavy atom. The first-order valence-electron chi connectivity index (χ1n) is 4.87. The summed E-state index contributed by atoms with van der Waals surface area (Å²) in [6.45, 7) is 1.84. The number of hydrogen-bond donors (Lipinski definition) is 1. The van der Waals surface area contributed by atoms with Gasteiger partial charge in [0.25, 0.3) is 5.78 Å². The largest absolute Gasteiger partial charge is 0.460 e. The summed E-state index contributed by atoms with van der Waals surface area (Å²) < 4.78 is 4.65. The third-order valence-electron chi connectivity index (χ3n) is 2.16. The van der Waals surface area contributed by atoms with Gasteiger partial charge in [-0.3, -0.25) is 4.79 Å². The van der Waals surface area contributed by atoms with Gasteiger partial charge >= 0.3 is 5.97 Å². The van der Waals surface area contributed by atoms with Crippen molar-refractivity contribution in [2.75, 3.05) is 6.61 Å². The highest BCUT2D eigenvalue weighted by atomic mass is 16.5. The molecule has 2 heterocycles. The predicted molar refractivity (Wildman–Crippen MR) is 57.1 cm³/mol. The summed E-state index contributed by atoms with van der Waals surface area (Å²) in [6.07, 6.45) is 3.08. The Kier molecular flexibility index (Phi) is 2.68. The lowest BCUT2D eigenvalue weighted by Crippen LogP contribution is -2.17. The molecule has 1 N–H and O–H groups in total. The average molecular weight is 218 g/mol. The normalized spacial score (nSPS) is 10.3. The van der Waals surface area contributed by atoms with Gasteiger partial charge in [0.05, 0.1) is 12.2 Å². The molecule has 0 aliphatic rings. The molecule has 0 radical (unpaired) electrons. The molecule has 82 valence electrons. The number of pyridine rings is 1. The van der Waals surface area contributed by atoms with Gasteiger partial charge in [0.1, 0.15) is 5.65 Å². The van der Waals surface area contributed by atoms with Crippen LogP contribution >= 0.6 is 0 Å². The monoisotopic (exact) mass is 218 g/mol. The highest BCUT2D eigenvalue weighted by Crippen LogP contribution is 2.16. The van der Waals surface area contributed by atoms with Crippen LogP contribution < -0.4 is 0 Å². The number of aromatic nitrogens is 2. The molecule has 0 atom stereocenters. The summed E-state index contributed by atoms with van der Waals surface area (Å²) in [5, 5.41) is 0.626. The molecule has 5 heteroatoms. The van der Waals surface area contributed by atoms with Crippen LogP contribution in [0.15, 0.2) is 24.5 Å². The maximum atomic E-state index is 11.7. The van der Waals surface area contributed by atoms with Gasteiger partial charge in [-0.15, -0.1) is 0 Å². The quantitative estimate of drug-likeness (QED) is 0.479. The van der Waals surface area contributed by atoms with Gasteiger partial charge in [-0.05, 0) is 19.1 Å². The minimum atomic E-state index is -0.841. The smallest absolute Gasteiger partial charge is 0.379 e. The molecular formula is C11H10N2O3. The number of ether oxygens (including phenoxy) is 1. The van der Waals surface area contributed by atoms with Crippen LogP contribution in [-0.4, -0.2) is 28.3 Å². The fraction of sp³-hybridized carbons (Fsp3) is 0.182. The van der Waals surface area contributed by atoms with Gasteiger partial charge in [0, 0.05) is 17.8 Å². The van der Waals surface area contributed by atoms with Crippen LogP contribution in [0.5, 0.6) is 0 Å². The number of hydrogen-bond acceptors (Lipinski definition) is 4. The first-order valence-corrected chi connectivity index (χ1v) is 4.87. The fourth-order valence-corrected chi connectivity index (χ4v) is 1.45. The Morgan fingerprint density at radius 2 is 2.31 bits per heavy atom. The van der Waals surface area contributed by atoms with Crippen molar-refractivity contribution in [2.24, 2.45) is 0 Å². The van der Waals surface area contributed by atoms with Crippen LogP contribution in [0.4, 0.5) is 0 Å². The van der Waals surface area contributed by atoms with Crippen LogP contribution in [0.1, 0.15) is 17.3 Å². The molecule has 0 unspecified atom stereocenters. The third-order valence-corrected chi connectivity index (χ3v) is 2.16. The molecule has 2 aromatic rings. The number of nitrogens with zero attached hydrogens (tertiary/aromatic N) is 1. The van der Waals surface area contributed by atoms with Gasteiger partial charge in [0.15, 0.2) is 0 Å². The molecule has 0 saturated heterocycles. The lowest BCUT2D eigenvalue weighted by Gasteiger charge is -1.98. The maximum absolute atomic E-state index is 11.7. The van der Waals surface area contributed by atoms with Crippen LogP contribution in [0, 0.1) is 0 Å². The second kappa shape index (κ2) is 4.14. The van der Waals surface area contributed by atoms with Gasteiger partial charge < -0.3 is 9.72 Å². The van der Waals surface area contributed by atoms with Crippen molar-refractivity contribution in [3.63, 3.8) is 0 Å². The maximum Gasteiger partial charge on any atom is 0.379 e. The van der Waals surface area contributed by atoms with Crippen molar-refractivity contribution in [1.82, 2.24) is 9.97 Å². The zero-order valence-electron chi connectivity index (χ0n) is 8.69. The number of carbonyl (C=O) groups is 2. The minimum Gasteiger partial charge on any atom is -0.460 e. The van der Waals surface area contributed by atoms with Gasteiger partial charge in [-0.1, -0.05) is 0 Å². The van der Waals surface area contributed by atoms with E-state index in [2.05, 4.69) is 14.7 Å². The molecule has 16 heavy (non-hydrogen) atoms. The van der Waals surface area contributed by atoms with E-state index in [1.54, 1.807) is 25.3 Å². The van der Waals surface area contributed by atoms with E-state index in [0.717, 1.165) is 0 Å². The molecule has 0 aromatic carbocycles. The molecule has 2 aromatic heterocycles. The van der Waals surface area contributed by atoms with E-state index < -0.39 is 11.8 Å². The zero-order chi connectivity index (χ0) is 11.5. The lowest BCUT2D eigenvalue weighted by atomic mass is 10.1. The van der Waals surface area contributed by atoms with Crippen molar-refractivity contribution in [1.29, 1.82) is 0 Å². The SMILES string of the molecule is CCOC(=O)C(=O)c1c[nH]c2ncccc12. The van der Waals surface area contributed by atoms with Crippen LogP contribution in [0.3, 0.4) is 0 Å². The number of ketones is 1. The van der Waals surface area contributed by atoms with E-state index in [1.807, 2.05) is 0 Å². The summed E-state index contributed by atoms with van der Waals surface area (Å²) >= 11 is 0. The summed E-state index contributed by atoms with van der Waals surface area (Å²) in [5.41, 5.74) is 0.872. The molecule has 0 bridgehead atoms. The summed E-state index contributed by atoms with van der Waals surface area (Å²) in [7, 11) is 0. The molecule has 0 fully saturated rings. The van der Waals surface area contributed by atoms with Gasteiger partial charge in [-0.25, -0.2) is 9.78 Å². The summed E-state index contributed by atoms with van der Waals surface area (Å²) in [6, 6.07) is 3.43. The third kappa shape index (κ3) is 1.67. The summed E-state index contributed by atoms with van der Waals surface area (Å²) in [4.78, 5) is 29.8. The van der Waals surface area contributed by atoms with Crippen LogP contribution in [0.25, 0.3) is 11.0 Å². The van der Waals surface area contributed by atoms with Crippen molar-refractivity contribution in [3.05, 3.63) is 30.1 Å². The zero-order valence-corrected chi connectivity index (χ0v) is 8.69. The number of Topliss-reactive ketones (excluding diaryl/α,β-unsaturated/α-hetero) is 1. The molecule has 0 spiro atoms. The average Bonchev–Trinajstić information content (AvgIpc) is 2.72. The number of fused-ring (bicyclic) bond motifs is 1. The Morgan fingerprint density at radius 3 is 3.06 bits per heavy atom. The van der Waals surface area contributed by atoms with E-state index >= 15 is 0 Å². The Labute approximate surface area is 91.4 Å². The first-order chi connectivity index (χ1) is 7.74. The number of aromatic amines is 1. The molecule has 0 aliphatic heterocycles. The molecular weight excluding hydrogens is 208 g/mol. The number of H-pyrrole nitrogens is 1. The van der Waals surface area contributed by atoms with Crippen molar-refractivity contribution in [2.45, 2.75) is 6.92 Å². The molecule has 0 aliphatic carbocycles. The Bertz CT molecular complexity index is 545. The van der Waals surface area contributed by atoms with E-state index in [0.29, 0.717) is 16.6 Å². The first kappa shape index (κ1) is 10.4. The Hall–Kier alpha value is -2.17. The highest BCUT2D eigenvalue weighted by molar-refractivity contribution is 6.42. The lowest BCUT2D eigenvalue weighted by molar-refractivity contribution is -0.137. The fourth-order valence-electron chi connectivity index (χ4n) is 1.45. The van der Waals surface area contributed by atoms with Gasteiger partial charge in [0.2, 0.25) is 0 Å². The van der Waals surface area contributed by atoms with Crippen LogP contribution in [-0.2, 0) is 9.53 Å². The number of esters is 1. The van der Waals surface area contributed by atoms with Crippen LogP contribution in [0.2, 0.25) is 0 Å². The van der Waals surface area contributed by atoms with Gasteiger partial charge in [-0.2, -0.15) is 0 Å². The molecule has 0 amide bonds. The Balaban J connectivity index is 2.40. The standard InChI is InChI=1S/C11H10N2O3/c1-2-16-11(15)9(14)8-6-13-10-7(8)4-3-5-12-10/h3-6H,2H2,1H3,(H,12,13). The van der Waals surface area contributed by atoms with Crippen molar-refractivity contribution in [3.8, 4) is 0 Å². The second-order valence-electron chi connectivity index (χ2n) is 3.15. The van der Waals surface area contributed by atoms with Crippen molar-refractivity contribution >= 4 is 22.8 Å². The summed E-state index contributed by atoms with van der Waals surface area (Å²) in [5.74, 6) is -1.49. The predicted octanol–water partition coefficient (Wildman–Crippen LogP) is 1.31. The molecule has 2 rings (SSSR count). The van der Waals surface area contributed by atoms with E-state index in [9.17, 15) is 9.59 Å². The molecule has 0 saturated carbocycles. The highest BCUT2D eigenvalue weighted by Gasteiger charge is 2.20. The molecule has 5 nitrogen and oxygen atoms in total. The van der Waals surface area contributed by atoms with E-state index in [1.165, 1.54) is 6.20 Å². The van der Waals surface area contributed by atoms with E-state index in [-0.39, 0.29) is 6.61 Å². The van der Waals surface area contributed by atoms with Crippen molar-refractivity contribution < 1.29 is 14.3 Å². The minimum absolute atomic E-state index is 0.186. The number of rotatable bonds is 3. The van der Waals surface area contributed by atoms with E-state index in [4.69, 9.17) is 0 Å². The number of carbonyl (C=O) groups excluding carboxylic acids is 2. The number of nitrogens with one attached hydrogen (secondary N) is 1.